The fourth-order valence-corrected chi connectivity index (χ4v) is 2.15. The molecule has 0 aliphatic heterocycles. The molecular formula is C16H22N2O3. The molecule has 1 N–H and O–H groups in total. The summed E-state index contributed by atoms with van der Waals surface area (Å²) in [5.41, 5.74) is 1.92. The van der Waals surface area contributed by atoms with Gasteiger partial charge in [0, 0.05) is 11.7 Å². The van der Waals surface area contributed by atoms with E-state index < -0.39 is 0 Å². The van der Waals surface area contributed by atoms with Gasteiger partial charge in [0.15, 0.2) is 0 Å². The van der Waals surface area contributed by atoms with Crippen molar-refractivity contribution in [1.29, 1.82) is 0 Å². The van der Waals surface area contributed by atoms with Gasteiger partial charge in [0.1, 0.15) is 0 Å². The monoisotopic (exact) mass is 290 g/mol. The van der Waals surface area contributed by atoms with Crippen LogP contribution in [-0.4, -0.2) is 42.5 Å². The van der Waals surface area contributed by atoms with Crippen molar-refractivity contribution in [2.75, 3.05) is 25.0 Å². The second-order valence-electron chi connectivity index (χ2n) is 5.36. The predicted molar refractivity (Wildman–Crippen MR) is 81.0 cm³/mol. The van der Waals surface area contributed by atoms with Gasteiger partial charge in [0.05, 0.1) is 19.7 Å². The van der Waals surface area contributed by atoms with Gasteiger partial charge in [-0.1, -0.05) is 17.7 Å². The summed E-state index contributed by atoms with van der Waals surface area (Å²) in [6, 6.07) is 7.98. The Labute approximate surface area is 125 Å². The first-order valence-electron chi connectivity index (χ1n) is 7.34. The number of nitrogens with zero attached hydrogens (tertiary/aromatic N) is 1. The second-order valence-corrected chi connectivity index (χ2v) is 5.36. The van der Waals surface area contributed by atoms with Crippen molar-refractivity contribution >= 4 is 17.6 Å². The Morgan fingerprint density at radius 1 is 1.24 bits per heavy atom. The highest BCUT2D eigenvalue weighted by Gasteiger charge is 2.31. The minimum atomic E-state index is -0.271. The number of ether oxygens (including phenoxy) is 1. The van der Waals surface area contributed by atoms with Gasteiger partial charge in [0.25, 0.3) is 0 Å². The van der Waals surface area contributed by atoms with Crippen LogP contribution in [0.3, 0.4) is 0 Å². The lowest BCUT2D eigenvalue weighted by atomic mass is 10.2. The lowest BCUT2D eigenvalue weighted by Crippen LogP contribution is -2.39. The minimum absolute atomic E-state index is 0.102. The number of amides is 1. The molecule has 0 bridgehead atoms. The largest absolute Gasteiger partial charge is 0.465 e. The molecule has 0 radical (unpaired) electrons. The minimum Gasteiger partial charge on any atom is -0.465 e. The van der Waals surface area contributed by atoms with Crippen molar-refractivity contribution in [1.82, 2.24) is 4.90 Å². The number of aryl methyl sites for hydroxylation is 1. The molecule has 5 heteroatoms. The van der Waals surface area contributed by atoms with Crippen molar-refractivity contribution in [2.45, 2.75) is 32.7 Å². The number of esters is 1. The molecule has 1 fully saturated rings. The van der Waals surface area contributed by atoms with E-state index in [-0.39, 0.29) is 25.0 Å². The summed E-state index contributed by atoms with van der Waals surface area (Å²) in [6.07, 6.45) is 2.08. The average Bonchev–Trinajstić information content (AvgIpc) is 3.25. The smallest absolute Gasteiger partial charge is 0.320 e. The molecule has 1 aromatic carbocycles. The van der Waals surface area contributed by atoms with E-state index in [0.29, 0.717) is 12.6 Å². The number of hydrogen-bond acceptors (Lipinski definition) is 4. The van der Waals surface area contributed by atoms with Crippen LogP contribution in [-0.2, 0) is 14.3 Å². The normalized spacial score (nSPS) is 14.0. The number of nitrogens with one attached hydrogen (secondary N) is 1. The van der Waals surface area contributed by atoms with Crippen LogP contribution >= 0.6 is 0 Å². The van der Waals surface area contributed by atoms with Crippen molar-refractivity contribution in [3.05, 3.63) is 29.8 Å². The molecule has 0 spiro atoms. The molecule has 0 heterocycles. The van der Waals surface area contributed by atoms with Gasteiger partial charge >= 0.3 is 5.97 Å². The molecule has 0 saturated heterocycles. The third-order valence-electron chi connectivity index (χ3n) is 3.38. The number of carbonyl (C=O) groups excluding carboxylic acids is 2. The van der Waals surface area contributed by atoms with Gasteiger partial charge in [-0.3, -0.25) is 14.5 Å². The Bertz CT molecular complexity index is 495. The molecule has 1 aromatic rings. The third kappa shape index (κ3) is 5.19. The Kier molecular flexibility index (Phi) is 5.33. The van der Waals surface area contributed by atoms with E-state index in [0.717, 1.165) is 24.1 Å². The van der Waals surface area contributed by atoms with Gasteiger partial charge < -0.3 is 10.1 Å². The van der Waals surface area contributed by atoms with Crippen LogP contribution in [0.2, 0.25) is 0 Å². The zero-order valence-corrected chi connectivity index (χ0v) is 12.6. The summed E-state index contributed by atoms with van der Waals surface area (Å²) in [4.78, 5) is 25.5. The number of anilines is 1. The van der Waals surface area contributed by atoms with E-state index in [9.17, 15) is 9.59 Å². The molecule has 0 unspecified atom stereocenters. The maximum Gasteiger partial charge on any atom is 0.320 e. The molecule has 0 atom stereocenters. The fourth-order valence-electron chi connectivity index (χ4n) is 2.15. The highest BCUT2D eigenvalue weighted by Crippen LogP contribution is 2.26. The summed E-state index contributed by atoms with van der Waals surface area (Å²) in [5.74, 6) is -0.373. The molecule has 2 rings (SSSR count). The first kappa shape index (κ1) is 15.5. The molecule has 114 valence electrons. The Morgan fingerprint density at radius 3 is 2.48 bits per heavy atom. The lowest BCUT2D eigenvalue weighted by molar-refractivity contribution is -0.144. The van der Waals surface area contributed by atoms with Crippen LogP contribution in [0.25, 0.3) is 0 Å². The summed E-state index contributed by atoms with van der Waals surface area (Å²) in [6.45, 7) is 4.55. The van der Waals surface area contributed by atoms with E-state index in [1.165, 1.54) is 0 Å². The first-order chi connectivity index (χ1) is 10.1. The van der Waals surface area contributed by atoms with Gasteiger partial charge in [-0.05, 0) is 38.8 Å². The van der Waals surface area contributed by atoms with Crippen LogP contribution in [0.1, 0.15) is 25.3 Å². The molecule has 1 aliphatic rings. The van der Waals surface area contributed by atoms with Crippen LogP contribution in [0.5, 0.6) is 0 Å². The molecular weight excluding hydrogens is 268 g/mol. The maximum atomic E-state index is 12.1. The van der Waals surface area contributed by atoms with E-state index in [1.54, 1.807) is 6.92 Å². The Balaban J connectivity index is 1.86. The van der Waals surface area contributed by atoms with Crippen molar-refractivity contribution in [3.63, 3.8) is 0 Å². The fraction of sp³-hybridized carbons (Fsp3) is 0.500. The van der Waals surface area contributed by atoms with E-state index in [1.807, 2.05) is 36.1 Å². The van der Waals surface area contributed by atoms with Crippen molar-refractivity contribution in [3.8, 4) is 0 Å². The summed E-state index contributed by atoms with van der Waals surface area (Å²) in [7, 11) is 0. The maximum absolute atomic E-state index is 12.1. The number of benzene rings is 1. The SMILES string of the molecule is CCOC(=O)CN(CC(=O)Nc1ccc(C)cc1)C1CC1. The van der Waals surface area contributed by atoms with Gasteiger partial charge in [0.2, 0.25) is 5.91 Å². The highest BCUT2D eigenvalue weighted by atomic mass is 16.5. The lowest BCUT2D eigenvalue weighted by Gasteiger charge is -2.20. The van der Waals surface area contributed by atoms with E-state index in [4.69, 9.17) is 4.74 Å². The quantitative estimate of drug-likeness (QED) is 0.780. The van der Waals surface area contributed by atoms with E-state index in [2.05, 4.69) is 5.32 Å². The first-order valence-corrected chi connectivity index (χ1v) is 7.34. The third-order valence-corrected chi connectivity index (χ3v) is 3.38. The molecule has 1 amide bonds. The summed E-state index contributed by atoms with van der Waals surface area (Å²) >= 11 is 0. The molecule has 21 heavy (non-hydrogen) atoms. The number of rotatable bonds is 7. The van der Waals surface area contributed by atoms with Crippen LogP contribution in [0.4, 0.5) is 5.69 Å². The van der Waals surface area contributed by atoms with E-state index >= 15 is 0 Å². The average molecular weight is 290 g/mol. The zero-order valence-electron chi connectivity index (χ0n) is 12.6. The zero-order chi connectivity index (χ0) is 15.2. The summed E-state index contributed by atoms with van der Waals surface area (Å²) < 4.78 is 4.95. The standard InChI is InChI=1S/C16H22N2O3/c1-3-21-16(20)11-18(14-8-9-14)10-15(19)17-13-6-4-12(2)5-7-13/h4-7,14H,3,8-11H2,1-2H3,(H,17,19). The molecule has 0 aromatic heterocycles. The predicted octanol–water partition coefficient (Wildman–Crippen LogP) is 1.96. The van der Waals surface area contributed by atoms with Gasteiger partial charge in [-0.2, -0.15) is 0 Å². The van der Waals surface area contributed by atoms with Gasteiger partial charge in [-0.15, -0.1) is 0 Å². The second kappa shape index (κ2) is 7.22. The van der Waals surface area contributed by atoms with Crippen molar-refractivity contribution < 1.29 is 14.3 Å². The Morgan fingerprint density at radius 2 is 1.90 bits per heavy atom. The number of hydrogen-bond donors (Lipinski definition) is 1. The van der Waals surface area contributed by atoms with Crippen LogP contribution in [0, 0.1) is 6.92 Å². The number of carbonyl (C=O) groups is 2. The van der Waals surface area contributed by atoms with Crippen molar-refractivity contribution in [2.24, 2.45) is 0 Å². The van der Waals surface area contributed by atoms with Crippen LogP contribution < -0.4 is 5.32 Å². The highest BCUT2D eigenvalue weighted by molar-refractivity contribution is 5.92. The molecule has 5 nitrogen and oxygen atoms in total. The molecule has 1 saturated carbocycles. The Hall–Kier alpha value is -1.88. The van der Waals surface area contributed by atoms with Gasteiger partial charge in [-0.25, -0.2) is 0 Å². The summed E-state index contributed by atoms with van der Waals surface area (Å²) in [5, 5.41) is 2.85. The molecule has 1 aliphatic carbocycles. The topological polar surface area (TPSA) is 58.6 Å². The van der Waals surface area contributed by atoms with Crippen LogP contribution in [0.15, 0.2) is 24.3 Å².